The van der Waals surface area contributed by atoms with Gasteiger partial charge < -0.3 is 0 Å². The minimum absolute atomic E-state index is 0.0654. The molecule has 0 N–H and O–H groups in total. The van der Waals surface area contributed by atoms with E-state index >= 15 is 0 Å². The van der Waals surface area contributed by atoms with E-state index in [2.05, 4.69) is 15.2 Å². The van der Waals surface area contributed by atoms with Gasteiger partial charge in [0.2, 0.25) is 5.43 Å². The normalized spacial score (nSPS) is 11.5. The summed E-state index contributed by atoms with van der Waals surface area (Å²) in [6.07, 6.45) is 0.197. The van der Waals surface area contributed by atoms with Crippen LogP contribution in [0.2, 0.25) is 0 Å². The smallest absolute Gasteiger partial charge is 0.287 e. The van der Waals surface area contributed by atoms with Crippen LogP contribution in [0.3, 0.4) is 0 Å². The van der Waals surface area contributed by atoms with E-state index in [1.54, 1.807) is 23.1 Å². The molecule has 0 aliphatic heterocycles. The number of aryl methyl sites for hydroxylation is 1. The van der Waals surface area contributed by atoms with Crippen molar-refractivity contribution in [3.63, 3.8) is 0 Å². The molecule has 0 amide bonds. The Morgan fingerprint density at radius 1 is 0.886 bits per heavy atom. The Kier molecular flexibility index (Phi) is 5.52. The predicted octanol–water partition coefficient (Wildman–Crippen LogP) is 5.47. The van der Waals surface area contributed by atoms with Gasteiger partial charge in [0, 0.05) is 24.0 Å². The maximum atomic E-state index is 13.2. The van der Waals surface area contributed by atoms with Crippen molar-refractivity contribution >= 4 is 0 Å². The second-order valence-corrected chi connectivity index (χ2v) is 7.87. The van der Waals surface area contributed by atoms with E-state index in [0.717, 1.165) is 34.6 Å². The number of halogens is 3. The summed E-state index contributed by atoms with van der Waals surface area (Å²) in [5, 5.41) is 8.66. The zero-order valence-corrected chi connectivity index (χ0v) is 18.4. The first kappa shape index (κ1) is 22.3. The fraction of sp³-hybridized carbons (Fsp3) is 0.0769. The third-order valence-electron chi connectivity index (χ3n) is 5.52. The summed E-state index contributed by atoms with van der Waals surface area (Å²) >= 11 is 0. The average molecular weight is 473 g/mol. The Morgan fingerprint density at radius 3 is 2.49 bits per heavy atom. The van der Waals surface area contributed by atoms with Gasteiger partial charge in [-0.1, -0.05) is 18.2 Å². The van der Waals surface area contributed by atoms with Crippen molar-refractivity contribution in [2.75, 3.05) is 0 Å². The fourth-order valence-corrected chi connectivity index (χ4v) is 3.83. The van der Waals surface area contributed by atoms with Crippen molar-refractivity contribution in [2.24, 2.45) is 0 Å². The Bertz CT molecular complexity index is 1570. The highest BCUT2D eigenvalue weighted by Gasteiger charge is 2.30. The molecule has 0 radical (unpaired) electrons. The maximum absolute atomic E-state index is 13.2. The highest BCUT2D eigenvalue weighted by molar-refractivity contribution is 5.63. The SMILES string of the molecule is Cc1cc(-c2ccccn2)ccc1-n1ccc(=O)c(-c2ccnn2-c2cccc(C(F)(F)F)c2)n1. The molecule has 2 aromatic carbocycles. The summed E-state index contributed by atoms with van der Waals surface area (Å²) in [7, 11) is 0. The van der Waals surface area contributed by atoms with Crippen LogP contribution in [0.4, 0.5) is 13.2 Å². The number of hydrogen-bond donors (Lipinski definition) is 0. The molecule has 0 unspecified atom stereocenters. The van der Waals surface area contributed by atoms with Crippen LogP contribution in [0.25, 0.3) is 34.0 Å². The molecule has 5 aromatic rings. The topological polar surface area (TPSA) is 65.6 Å². The van der Waals surface area contributed by atoms with Gasteiger partial charge in [-0.05, 0) is 61.0 Å². The number of pyridine rings is 1. The van der Waals surface area contributed by atoms with Crippen molar-refractivity contribution in [3.8, 4) is 34.0 Å². The minimum Gasteiger partial charge on any atom is -0.287 e. The van der Waals surface area contributed by atoms with Gasteiger partial charge in [0.05, 0.1) is 34.5 Å². The lowest BCUT2D eigenvalue weighted by atomic mass is 10.1. The average Bonchev–Trinajstić information content (AvgIpc) is 3.34. The number of nitrogens with zero attached hydrogens (tertiary/aromatic N) is 5. The minimum atomic E-state index is -4.50. The summed E-state index contributed by atoms with van der Waals surface area (Å²) in [5.41, 5.74) is 2.76. The van der Waals surface area contributed by atoms with Crippen LogP contribution in [0.5, 0.6) is 0 Å². The summed E-state index contributed by atoms with van der Waals surface area (Å²) in [6, 6.07) is 19.1. The van der Waals surface area contributed by atoms with Crippen molar-refractivity contribution in [1.82, 2.24) is 24.5 Å². The highest BCUT2D eigenvalue weighted by Crippen LogP contribution is 2.31. The molecular formula is C26H18F3N5O. The molecule has 0 bridgehead atoms. The van der Waals surface area contributed by atoms with Crippen LogP contribution in [0, 0.1) is 6.92 Å². The van der Waals surface area contributed by atoms with E-state index in [4.69, 9.17) is 0 Å². The summed E-state index contributed by atoms with van der Waals surface area (Å²) in [6.45, 7) is 1.92. The molecule has 174 valence electrons. The monoisotopic (exact) mass is 473 g/mol. The van der Waals surface area contributed by atoms with Gasteiger partial charge in [0.25, 0.3) is 0 Å². The van der Waals surface area contributed by atoms with E-state index in [0.29, 0.717) is 0 Å². The van der Waals surface area contributed by atoms with Gasteiger partial charge in [0.15, 0.2) is 5.69 Å². The predicted molar refractivity (Wildman–Crippen MR) is 125 cm³/mol. The summed E-state index contributed by atoms with van der Waals surface area (Å²) in [5.74, 6) is 0. The first-order chi connectivity index (χ1) is 16.8. The summed E-state index contributed by atoms with van der Waals surface area (Å²) in [4.78, 5) is 17.1. The largest absolute Gasteiger partial charge is 0.416 e. The molecule has 5 rings (SSSR count). The molecule has 0 spiro atoms. The van der Waals surface area contributed by atoms with Crippen LogP contribution < -0.4 is 5.43 Å². The molecule has 0 saturated heterocycles. The number of benzene rings is 2. The van der Waals surface area contributed by atoms with Gasteiger partial charge in [0.1, 0.15) is 0 Å². The van der Waals surface area contributed by atoms with Gasteiger partial charge >= 0.3 is 6.18 Å². The molecule has 9 heteroatoms. The molecule has 0 saturated carbocycles. The quantitative estimate of drug-likeness (QED) is 0.347. The third kappa shape index (κ3) is 4.35. The zero-order valence-electron chi connectivity index (χ0n) is 18.4. The van der Waals surface area contributed by atoms with Gasteiger partial charge in [-0.2, -0.15) is 23.4 Å². The van der Waals surface area contributed by atoms with Crippen molar-refractivity contribution in [2.45, 2.75) is 13.1 Å². The molecule has 3 aromatic heterocycles. The molecule has 3 heterocycles. The maximum Gasteiger partial charge on any atom is 0.416 e. The second kappa shape index (κ2) is 8.68. The molecule has 0 aliphatic carbocycles. The molecule has 0 aliphatic rings. The lowest BCUT2D eigenvalue weighted by Crippen LogP contribution is -2.15. The number of rotatable bonds is 4. The second-order valence-electron chi connectivity index (χ2n) is 7.87. The van der Waals surface area contributed by atoms with Crippen molar-refractivity contribution in [1.29, 1.82) is 0 Å². The van der Waals surface area contributed by atoms with Crippen molar-refractivity contribution < 1.29 is 13.2 Å². The molecule has 35 heavy (non-hydrogen) atoms. The Balaban J connectivity index is 1.57. The van der Waals surface area contributed by atoms with Crippen LogP contribution in [0.1, 0.15) is 11.1 Å². The van der Waals surface area contributed by atoms with E-state index in [9.17, 15) is 18.0 Å². The van der Waals surface area contributed by atoms with E-state index in [-0.39, 0.29) is 22.5 Å². The van der Waals surface area contributed by atoms with Crippen molar-refractivity contribution in [3.05, 3.63) is 113 Å². The number of alkyl halides is 3. The third-order valence-corrected chi connectivity index (χ3v) is 5.52. The first-order valence-electron chi connectivity index (χ1n) is 10.7. The lowest BCUT2D eigenvalue weighted by Gasteiger charge is -2.13. The fourth-order valence-electron chi connectivity index (χ4n) is 3.83. The Hall–Kier alpha value is -4.53. The Morgan fingerprint density at radius 2 is 1.74 bits per heavy atom. The Labute approximate surface area is 197 Å². The molecule has 6 nitrogen and oxygen atoms in total. The van der Waals surface area contributed by atoms with Crippen LogP contribution >= 0.6 is 0 Å². The zero-order chi connectivity index (χ0) is 24.6. The lowest BCUT2D eigenvalue weighted by molar-refractivity contribution is -0.137. The van der Waals surface area contributed by atoms with E-state index in [1.807, 2.05) is 43.3 Å². The van der Waals surface area contributed by atoms with Gasteiger partial charge in [-0.3, -0.25) is 9.78 Å². The van der Waals surface area contributed by atoms with Crippen LogP contribution in [-0.4, -0.2) is 24.5 Å². The molecule has 0 atom stereocenters. The van der Waals surface area contributed by atoms with E-state index < -0.39 is 11.7 Å². The van der Waals surface area contributed by atoms with Gasteiger partial charge in [-0.15, -0.1) is 0 Å². The highest BCUT2D eigenvalue weighted by atomic mass is 19.4. The van der Waals surface area contributed by atoms with Crippen LogP contribution in [-0.2, 0) is 6.18 Å². The molecule has 0 fully saturated rings. The first-order valence-corrected chi connectivity index (χ1v) is 10.7. The standard InChI is InChI=1S/C26H18F3N5O/c1-17-15-18(21-7-2-3-12-30-21)8-9-22(17)33-14-11-24(35)25(32-33)23-10-13-31-34(23)20-6-4-5-19(16-20)26(27,28)29/h2-16H,1H3. The van der Waals surface area contributed by atoms with E-state index in [1.165, 1.54) is 29.1 Å². The molecular weight excluding hydrogens is 455 g/mol. The number of hydrogen-bond acceptors (Lipinski definition) is 4. The number of aromatic nitrogens is 5. The van der Waals surface area contributed by atoms with Crippen LogP contribution in [0.15, 0.2) is 96.2 Å². The summed E-state index contributed by atoms with van der Waals surface area (Å²) < 4.78 is 42.5. The van der Waals surface area contributed by atoms with Gasteiger partial charge in [-0.25, -0.2) is 9.36 Å².